The van der Waals surface area contributed by atoms with Crippen LogP contribution in [0.1, 0.15) is 36.7 Å². The van der Waals surface area contributed by atoms with Crippen molar-refractivity contribution in [2.24, 2.45) is 5.92 Å². The van der Waals surface area contributed by atoms with Crippen molar-refractivity contribution in [2.75, 3.05) is 4.90 Å². The van der Waals surface area contributed by atoms with E-state index in [0.29, 0.717) is 23.5 Å². The van der Waals surface area contributed by atoms with Crippen LogP contribution in [0.4, 0.5) is 5.69 Å². The number of nitrogens with zero attached hydrogens (tertiary/aromatic N) is 1. The molecule has 1 amide bonds. The van der Waals surface area contributed by atoms with Gasteiger partial charge in [0.2, 0.25) is 0 Å². The van der Waals surface area contributed by atoms with Crippen molar-refractivity contribution in [3.8, 4) is 5.75 Å². The maximum Gasteiger partial charge on any atom is 0.268 e. The Hall–Kier alpha value is -3.14. The fourth-order valence-corrected chi connectivity index (χ4v) is 3.69. The van der Waals surface area contributed by atoms with Gasteiger partial charge < -0.3 is 9.64 Å². The minimum Gasteiger partial charge on any atom is -0.478 e. The number of rotatable bonds is 4. The van der Waals surface area contributed by atoms with Gasteiger partial charge in [0, 0.05) is 5.56 Å². The molecule has 0 radical (unpaired) electrons. The Labute approximate surface area is 164 Å². The highest BCUT2D eigenvalue weighted by atomic mass is 16.5. The van der Waals surface area contributed by atoms with Gasteiger partial charge in [-0.3, -0.25) is 9.59 Å². The maximum atomic E-state index is 13.3. The lowest BCUT2D eigenvalue weighted by Crippen LogP contribution is -2.48. The molecule has 142 valence electrons. The molecule has 1 atom stereocenters. The molecule has 1 aliphatic rings. The van der Waals surface area contributed by atoms with E-state index in [1.165, 1.54) is 6.92 Å². The number of amides is 1. The standard InChI is InChI=1S/C24H23NO3/c1-15(2)23-24(27)25(21-13-18(16(3)26)11-12-22(21)28-23)14-19-9-6-8-17-7-4-5-10-20(17)19/h4-13,15,23H,14H2,1-3H3. The van der Waals surface area contributed by atoms with Crippen molar-refractivity contribution in [3.63, 3.8) is 0 Å². The first kappa shape index (κ1) is 18.2. The summed E-state index contributed by atoms with van der Waals surface area (Å²) in [6, 6.07) is 19.6. The molecular weight excluding hydrogens is 350 g/mol. The summed E-state index contributed by atoms with van der Waals surface area (Å²) in [6.45, 7) is 5.92. The van der Waals surface area contributed by atoms with Gasteiger partial charge in [0.25, 0.3) is 5.91 Å². The van der Waals surface area contributed by atoms with Gasteiger partial charge in [0.15, 0.2) is 11.9 Å². The largest absolute Gasteiger partial charge is 0.478 e. The average Bonchev–Trinajstić information content (AvgIpc) is 2.69. The number of anilines is 1. The summed E-state index contributed by atoms with van der Waals surface area (Å²) in [5.41, 5.74) is 2.29. The molecule has 1 unspecified atom stereocenters. The molecular formula is C24H23NO3. The first-order chi connectivity index (χ1) is 13.5. The molecule has 0 fully saturated rings. The van der Waals surface area contributed by atoms with Gasteiger partial charge in [-0.25, -0.2) is 0 Å². The third kappa shape index (κ3) is 3.15. The predicted octanol–water partition coefficient (Wildman–Crippen LogP) is 4.99. The van der Waals surface area contributed by atoms with Crippen LogP contribution < -0.4 is 9.64 Å². The van der Waals surface area contributed by atoms with Gasteiger partial charge in [0.05, 0.1) is 12.2 Å². The van der Waals surface area contributed by atoms with Crippen molar-refractivity contribution in [3.05, 3.63) is 71.8 Å². The van der Waals surface area contributed by atoms with Gasteiger partial charge in [-0.2, -0.15) is 0 Å². The van der Waals surface area contributed by atoms with Crippen LogP contribution in [0.3, 0.4) is 0 Å². The summed E-state index contributed by atoms with van der Waals surface area (Å²) in [4.78, 5) is 26.9. The summed E-state index contributed by atoms with van der Waals surface area (Å²) in [7, 11) is 0. The van der Waals surface area contributed by atoms with Crippen molar-refractivity contribution >= 4 is 28.2 Å². The Morgan fingerprint density at radius 3 is 2.57 bits per heavy atom. The summed E-state index contributed by atoms with van der Waals surface area (Å²) in [5.74, 6) is 0.578. The number of fused-ring (bicyclic) bond motifs is 2. The lowest BCUT2D eigenvalue weighted by atomic mass is 9.99. The second-order valence-corrected chi connectivity index (χ2v) is 7.58. The molecule has 0 saturated heterocycles. The lowest BCUT2D eigenvalue weighted by Gasteiger charge is -2.36. The van der Waals surface area contributed by atoms with Crippen LogP contribution in [0.5, 0.6) is 5.75 Å². The first-order valence-electron chi connectivity index (χ1n) is 9.55. The van der Waals surface area contributed by atoms with Gasteiger partial charge >= 0.3 is 0 Å². The summed E-state index contributed by atoms with van der Waals surface area (Å²) < 4.78 is 5.99. The normalized spacial score (nSPS) is 16.2. The number of ether oxygens (including phenoxy) is 1. The zero-order valence-corrected chi connectivity index (χ0v) is 16.3. The van der Waals surface area contributed by atoms with Crippen LogP contribution in [-0.4, -0.2) is 17.8 Å². The Morgan fingerprint density at radius 2 is 1.82 bits per heavy atom. The number of carbonyl (C=O) groups is 2. The third-order valence-corrected chi connectivity index (χ3v) is 5.23. The highest BCUT2D eigenvalue weighted by Gasteiger charge is 2.36. The number of carbonyl (C=O) groups excluding carboxylic acids is 2. The number of ketones is 1. The monoisotopic (exact) mass is 373 g/mol. The van der Waals surface area contributed by atoms with E-state index in [0.717, 1.165) is 16.3 Å². The van der Waals surface area contributed by atoms with Gasteiger partial charge in [-0.15, -0.1) is 0 Å². The quantitative estimate of drug-likeness (QED) is 0.605. The smallest absolute Gasteiger partial charge is 0.268 e. The average molecular weight is 373 g/mol. The van der Waals surface area contributed by atoms with E-state index in [1.54, 1.807) is 23.1 Å². The van der Waals surface area contributed by atoms with Crippen LogP contribution in [0, 0.1) is 5.92 Å². The highest BCUT2D eigenvalue weighted by Crippen LogP contribution is 2.38. The van der Waals surface area contributed by atoms with E-state index in [4.69, 9.17) is 4.74 Å². The third-order valence-electron chi connectivity index (χ3n) is 5.23. The van der Waals surface area contributed by atoms with Crippen LogP contribution in [0.2, 0.25) is 0 Å². The molecule has 0 aromatic heterocycles. The van der Waals surface area contributed by atoms with Crippen LogP contribution in [0.15, 0.2) is 60.7 Å². The summed E-state index contributed by atoms with van der Waals surface area (Å²) >= 11 is 0. The number of benzene rings is 3. The molecule has 0 aliphatic carbocycles. The lowest BCUT2D eigenvalue weighted by molar-refractivity contribution is -0.128. The van der Waals surface area contributed by atoms with Crippen molar-refractivity contribution in [1.29, 1.82) is 0 Å². The highest BCUT2D eigenvalue weighted by molar-refractivity contribution is 6.03. The molecule has 0 spiro atoms. The van der Waals surface area contributed by atoms with Crippen LogP contribution >= 0.6 is 0 Å². The van der Waals surface area contributed by atoms with Crippen molar-refractivity contribution in [1.82, 2.24) is 0 Å². The van der Waals surface area contributed by atoms with E-state index in [-0.39, 0.29) is 17.6 Å². The molecule has 0 bridgehead atoms. The number of hydrogen-bond donors (Lipinski definition) is 0. The fourth-order valence-electron chi connectivity index (χ4n) is 3.69. The zero-order valence-electron chi connectivity index (χ0n) is 16.3. The molecule has 3 aromatic carbocycles. The molecule has 4 nitrogen and oxygen atoms in total. The van der Waals surface area contributed by atoms with Gasteiger partial charge in [-0.05, 0) is 47.4 Å². The molecule has 0 saturated carbocycles. The van der Waals surface area contributed by atoms with Crippen LogP contribution in [-0.2, 0) is 11.3 Å². The maximum absolute atomic E-state index is 13.3. The molecule has 28 heavy (non-hydrogen) atoms. The molecule has 0 N–H and O–H groups in total. The summed E-state index contributed by atoms with van der Waals surface area (Å²) in [6.07, 6.45) is -0.536. The van der Waals surface area contributed by atoms with E-state index in [1.807, 2.05) is 38.1 Å². The minimum atomic E-state index is -0.536. The second-order valence-electron chi connectivity index (χ2n) is 7.58. The Morgan fingerprint density at radius 1 is 1.07 bits per heavy atom. The topological polar surface area (TPSA) is 46.6 Å². The Kier molecular flexibility index (Phi) is 4.63. The molecule has 1 heterocycles. The minimum absolute atomic E-state index is 0.0358. The Bertz CT molecular complexity index is 1070. The molecule has 3 aromatic rings. The molecule has 4 rings (SSSR count). The van der Waals surface area contributed by atoms with Gasteiger partial charge in [-0.1, -0.05) is 56.3 Å². The summed E-state index contributed by atoms with van der Waals surface area (Å²) in [5, 5.41) is 2.26. The van der Waals surface area contributed by atoms with E-state index < -0.39 is 6.10 Å². The SMILES string of the molecule is CC(=O)c1ccc2c(c1)N(Cc1cccc3ccccc13)C(=O)C(C(C)C)O2. The van der Waals surface area contributed by atoms with Crippen molar-refractivity contribution in [2.45, 2.75) is 33.4 Å². The fraction of sp³-hybridized carbons (Fsp3) is 0.250. The van der Waals surface area contributed by atoms with Crippen LogP contribution in [0.25, 0.3) is 10.8 Å². The van der Waals surface area contributed by atoms with Crippen molar-refractivity contribution < 1.29 is 14.3 Å². The zero-order chi connectivity index (χ0) is 19.8. The molecule has 4 heteroatoms. The molecule has 1 aliphatic heterocycles. The van der Waals surface area contributed by atoms with E-state index in [2.05, 4.69) is 18.2 Å². The predicted molar refractivity (Wildman–Crippen MR) is 111 cm³/mol. The van der Waals surface area contributed by atoms with E-state index in [9.17, 15) is 9.59 Å². The number of hydrogen-bond acceptors (Lipinski definition) is 3. The van der Waals surface area contributed by atoms with E-state index >= 15 is 0 Å². The number of Topliss-reactive ketones (excluding diaryl/α,β-unsaturated/α-hetero) is 1. The first-order valence-corrected chi connectivity index (χ1v) is 9.55. The van der Waals surface area contributed by atoms with Gasteiger partial charge in [0.1, 0.15) is 5.75 Å². The Balaban J connectivity index is 1.82. The second kappa shape index (κ2) is 7.12.